The Hall–Kier alpha value is -4.61. The minimum atomic E-state index is -4.67. The summed E-state index contributed by atoms with van der Waals surface area (Å²) in [6.07, 6.45) is 14.5. The number of hydroxylamine groups is 2. The molecule has 13 nitrogen and oxygen atoms in total. The molecule has 0 aromatic heterocycles. The number of ether oxygens (including phenoxy) is 1. The van der Waals surface area contributed by atoms with Crippen LogP contribution in [-0.4, -0.2) is 72.0 Å². The van der Waals surface area contributed by atoms with Crippen molar-refractivity contribution >= 4 is 49.2 Å². The molecular formula is C51H58N3NaO10S2. The molecule has 1 aliphatic carbocycles. The maximum Gasteiger partial charge on any atom is 1.00 e. The van der Waals surface area contributed by atoms with Crippen molar-refractivity contribution in [1.29, 1.82) is 0 Å². The number of allylic oxidation sites excluding steroid dienone is 8. The summed E-state index contributed by atoms with van der Waals surface area (Å²) in [5.74, 6) is -0.132. The minimum Gasteiger partial charge on any atom is -0.748 e. The van der Waals surface area contributed by atoms with Crippen molar-refractivity contribution in [1.82, 2.24) is 5.06 Å². The fourth-order valence-electron chi connectivity index (χ4n) is 9.43. The van der Waals surface area contributed by atoms with Gasteiger partial charge in [0.25, 0.3) is 5.91 Å². The summed E-state index contributed by atoms with van der Waals surface area (Å²) in [7, 11) is -9.00. The van der Waals surface area contributed by atoms with Gasteiger partial charge in [-0.15, -0.1) is 5.06 Å². The predicted molar refractivity (Wildman–Crippen MR) is 251 cm³/mol. The van der Waals surface area contributed by atoms with Gasteiger partial charge in [-0.1, -0.05) is 62.9 Å². The van der Waals surface area contributed by atoms with E-state index >= 15 is 0 Å². The van der Waals surface area contributed by atoms with Gasteiger partial charge in [-0.2, -0.15) is 4.58 Å². The maximum absolute atomic E-state index is 12.6. The van der Waals surface area contributed by atoms with Crippen molar-refractivity contribution in [3.63, 3.8) is 0 Å². The number of fused-ring (bicyclic) bond motifs is 2. The summed E-state index contributed by atoms with van der Waals surface area (Å²) in [4.78, 5) is 31.8. The third-order valence-electron chi connectivity index (χ3n) is 12.9. The van der Waals surface area contributed by atoms with Crippen LogP contribution in [0.15, 0.2) is 137 Å². The number of carbonyl (C=O) groups is 2. The van der Waals surface area contributed by atoms with Crippen LogP contribution in [0, 0.1) is 0 Å². The van der Waals surface area contributed by atoms with Crippen molar-refractivity contribution in [3.05, 3.63) is 143 Å². The zero-order chi connectivity index (χ0) is 47.4. The van der Waals surface area contributed by atoms with Crippen molar-refractivity contribution in [2.24, 2.45) is 0 Å². The van der Waals surface area contributed by atoms with Crippen LogP contribution in [0.2, 0.25) is 0 Å². The SMILES string of the molecule is C=C1CCC(=O)N1OC(=O)CCCCC[N+]1=C(/C=C/C2=C(Oc3ccc(S(=O)(=O)[O-])cc3)C(=C/C=C3/N(CCCCS(=O)(=O)[O-])c4ccccc4C3(C)C)/CCC2)C(C)(C)c2ccccc21.[Na+]. The predicted octanol–water partition coefficient (Wildman–Crippen LogP) is 6.13. The summed E-state index contributed by atoms with van der Waals surface area (Å²) < 4.78 is 78.6. The molecule has 0 unspecified atom stereocenters. The van der Waals surface area contributed by atoms with Crippen LogP contribution < -0.4 is 39.2 Å². The second-order valence-corrected chi connectivity index (χ2v) is 21.2. The Kier molecular flexibility index (Phi) is 16.5. The number of hydrogen-bond acceptors (Lipinski definition) is 11. The van der Waals surface area contributed by atoms with E-state index in [0.29, 0.717) is 68.8 Å². The van der Waals surface area contributed by atoms with Gasteiger partial charge in [-0.3, -0.25) is 4.79 Å². The molecule has 0 saturated carbocycles. The van der Waals surface area contributed by atoms with Gasteiger partial charge >= 0.3 is 35.5 Å². The average Bonchev–Trinajstić information content (AvgIpc) is 3.78. The summed E-state index contributed by atoms with van der Waals surface area (Å²) in [5, 5.41) is 1.02. The van der Waals surface area contributed by atoms with E-state index in [9.17, 15) is 35.5 Å². The first kappa shape index (κ1) is 51.8. The molecule has 0 atom stereocenters. The molecule has 3 aromatic carbocycles. The summed E-state index contributed by atoms with van der Waals surface area (Å²) in [6.45, 7) is 13.8. The zero-order valence-corrected chi connectivity index (χ0v) is 42.7. The van der Waals surface area contributed by atoms with Crippen LogP contribution in [-0.2, 0) is 45.5 Å². The van der Waals surface area contributed by atoms with Crippen molar-refractivity contribution in [2.75, 3.05) is 23.7 Å². The molecule has 350 valence electrons. The number of hydrogen-bond donors (Lipinski definition) is 0. The summed E-state index contributed by atoms with van der Waals surface area (Å²) in [5.41, 5.74) is 8.15. The van der Waals surface area contributed by atoms with Gasteiger partial charge in [0.2, 0.25) is 5.69 Å². The van der Waals surface area contributed by atoms with E-state index < -0.39 is 37.4 Å². The van der Waals surface area contributed by atoms with Crippen molar-refractivity contribution < 1.29 is 79.2 Å². The Morgan fingerprint density at radius 1 is 0.806 bits per heavy atom. The third-order valence-corrected chi connectivity index (χ3v) is 14.6. The molecule has 3 aromatic rings. The number of nitrogens with zero attached hydrogens (tertiary/aromatic N) is 3. The first-order valence-electron chi connectivity index (χ1n) is 22.6. The third kappa shape index (κ3) is 12.0. The molecule has 3 heterocycles. The molecule has 0 spiro atoms. The average molecular weight is 960 g/mol. The van der Waals surface area contributed by atoms with Crippen LogP contribution in [0.25, 0.3) is 0 Å². The Morgan fingerprint density at radius 2 is 1.51 bits per heavy atom. The Labute approximate surface area is 417 Å². The van der Waals surface area contributed by atoms with Crippen LogP contribution in [0.3, 0.4) is 0 Å². The van der Waals surface area contributed by atoms with E-state index in [1.165, 1.54) is 29.8 Å². The number of rotatable bonds is 18. The van der Waals surface area contributed by atoms with Gasteiger partial charge in [0.1, 0.15) is 28.2 Å². The van der Waals surface area contributed by atoms with E-state index in [0.717, 1.165) is 63.8 Å². The smallest absolute Gasteiger partial charge is 0.748 e. The monoisotopic (exact) mass is 959 g/mol. The van der Waals surface area contributed by atoms with Gasteiger partial charge in [-0.05, 0) is 124 Å². The topological polar surface area (TPSA) is 176 Å². The molecular weight excluding hydrogens is 902 g/mol. The van der Waals surface area contributed by atoms with E-state index in [-0.39, 0.29) is 58.6 Å². The Balaban J connectivity index is 0.00000741. The van der Waals surface area contributed by atoms with Gasteiger partial charge in [0.05, 0.1) is 26.1 Å². The quantitative estimate of drug-likeness (QED) is 0.0621. The largest absolute Gasteiger partial charge is 1.00 e. The number of unbranched alkanes of at least 4 members (excludes halogenated alkanes) is 3. The maximum atomic E-state index is 12.6. The Bertz CT molecular complexity index is 2770. The molecule has 16 heteroatoms. The number of carbonyl (C=O) groups excluding carboxylic acids is 2. The Morgan fingerprint density at radius 3 is 2.19 bits per heavy atom. The van der Waals surface area contributed by atoms with Crippen molar-refractivity contribution in [2.45, 2.75) is 114 Å². The van der Waals surface area contributed by atoms with Gasteiger partial charge in [0, 0.05) is 66.1 Å². The van der Waals surface area contributed by atoms with E-state index in [1.807, 2.05) is 24.3 Å². The second-order valence-electron chi connectivity index (χ2n) is 18.3. The number of anilines is 1. The molecule has 0 radical (unpaired) electrons. The molecule has 1 saturated heterocycles. The first-order valence-corrected chi connectivity index (χ1v) is 25.6. The second kappa shape index (κ2) is 21.4. The van der Waals surface area contributed by atoms with E-state index in [2.05, 4.69) is 92.3 Å². The van der Waals surface area contributed by atoms with E-state index in [1.54, 1.807) is 0 Å². The zero-order valence-electron chi connectivity index (χ0n) is 39.1. The normalized spacial score (nSPS) is 19.1. The number of amides is 1. The molecule has 67 heavy (non-hydrogen) atoms. The van der Waals surface area contributed by atoms with Crippen molar-refractivity contribution in [3.8, 4) is 5.75 Å². The summed E-state index contributed by atoms with van der Waals surface area (Å²) >= 11 is 0. The molecule has 7 rings (SSSR count). The molecule has 3 aliphatic heterocycles. The first-order chi connectivity index (χ1) is 31.3. The van der Waals surface area contributed by atoms with E-state index in [4.69, 9.17) is 9.57 Å². The summed E-state index contributed by atoms with van der Waals surface area (Å²) in [6, 6.07) is 22.0. The van der Waals surface area contributed by atoms with Crippen LogP contribution in [0.5, 0.6) is 5.75 Å². The minimum absolute atomic E-state index is 0. The van der Waals surface area contributed by atoms with Crippen LogP contribution in [0.4, 0.5) is 11.4 Å². The molecule has 1 fully saturated rings. The van der Waals surface area contributed by atoms with Gasteiger partial charge in [-0.25, -0.2) is 21.6 Å². The molecule has 1 amide bonds. The van der Waals surface area contributed by atoms with Crippen LogP contribution >= 0.6 is 0 Å². The fraction of sp³-hybridized carbons (Fsp3) is 0.392. The number of para-hydroxylation sites is 2. The number of benzene rings is 3. The van der Waals surface area contributed by atoms with Gasteiger partial charge in [0.15, 0.2) is 5.71 Å². The van der Waals surface area contributed by atoms with Crippen LogP contribution in [0.1, 0.15) is 109 Å². The van der Waals surface area contributed by atoms with Gasteiger partial charge < -0.3 is 23.6 Å². The molecule has 0 bridgehead atoms. The molecule has 0 N–H and O–H groups in total. The molecule has 4 aliphatic rings. The fourth-order valence-corrected chi connectivity index (χ4v) is 10.5. The standard InChI is InChI=1S/C51H59N3O10S2.Na/c1-36-23-32-47(55)54(36)64-48(56)22-7-6-12-33-52-43-20-10-8-18-41(43)50(2,3)45(52)30-24-37-16-15-17-38(49(37)63-39-26-28-40(29-27-39)66(60,61)62)25-31-46-51(4,5)42-19-9-11-21-44(42)53(46)34-13-14-35-65(57,58)59;/h8-11,18-21,24-31H,1,6-7,12-17,22-23,32-35H2,2-5H3,(H-,57,58,59,60,61,62);/q;+1/p-1.